The molecule has 0 aliphatic heterocycles. The first-order valence-electron chi connectivity index (χ1n) is 13.1. The SMILES string of the molecule is CCOc1ccc(CN(CCc2c[nH]c3ccccc23)C(=O)CN(CCOC)C(=O)c2ccccc2F)cc1. The first-order valence-corrected chi connectivity index (χ1v) is 13.1. The number of fused-ring (bicyclic) bond motifs is 1. The second-order valence-corrected chi connectivity index (χ2v) is 9.20. The molecule has 0 spiro atoms. The largest absolute Gasteiger partial charge is 0.494 e. The molecule has 8 heteroatoms. The molecule has 0 saturated heterocycles. The zero-order chi connectivity index (χ0) is 27.6. The number of hydrogen-bond donors (Lipinski definition) is 1. The number of carbonyl (C=O) groups excluding carboxylic acids is 2. The Morgan fingerprint density at radius 2 is 1.67 bits per heavy atom. The molecule has 0 fully saturated rings. The van der Waals surface area contributed by atoms with E-state index in [1.54, 1.807) is 11.0 Å². The number of nitrogens with zero attached hydrogens (tertiary/aromatic N) is 2. The summed E-state index contributed by atoms with van der Waals surface area (Å²) in [5.41, 5.74) is 3.01. The Morgan fingerprint density at radius 3 is 2.41 bits per heavy atom. The molecule has 1 aromatic heterocycles. The number of halogens is 1. The van der Waals surface area contributed by atoms with E-state index in [1.165, 1.54) is 30.2 Å². The van der Waals surface area contributed by atoms with Gasteiger partial charge in [-0.15, -0.1) is 0 Å². The smallest absolute Gasteiger partial charge is 0.257 e. The molecule has 2 amide bonds. The molecule has 1 N–H and O–H groups in total. The van der Waals surface area contributed by atoms with Gasteiger partial charge in [0, 0.05) is 43.8 Å². The van der Waals surface area contributed by atoms with Crippen LogP contribution in [0, 0.1) is 5.82 Å². The van der Waals surface area contributed by atoms with Gasteiger partial charge in [0.2, 0.25) is 5.91 Å². The summed E-state index contributed by atoms with van der Waals surface area (Å²) in [4.78, 5) is 33.3. The minimum Gasteiger partial charge on any atom is -0.494 e. The van der Waals surface area contributed by atoms with E-state index in [1.807, 2.05) is 55.6 Å². The second-order valence-electron chi connectivity index (χ2n) is 9.20. The summed E-state index contributed by atoms with van der Waals surface area (Å²) in [5, 5.41) is 1.11. The van der Waals surface area contributed by atoms with Crippen LogP contribution in [-0.2, 0) is 22.5 Å². The number of H-pyrrole nitrogens is 1. The van der Waals surface area contributed by atoms with E-state index < -0.39 is 11.7 Å². The molecule has 39 heavy (non-hydrogen) atoms. The zero-order valence-electron chi connectivity index (χ0n) is 22.4. The lowest BCUT2D eigenvalue weighted by molar-refractivity contribution is -0.132. The van der Waals surface area contributed by atoms with Crippen molar-refractivity contribution in [3.63, 3.8) is 0 Å². The van der Waals surface area contributed by atoms with Gasteiger partial charge >= 0.3 is 0 Å². The fourth-order valence-electron chi connectivity index (χ4n) is 4.49. The number of nitrogens with one attached hydrogen (secondary N) is 1. The summed E-state index contributed by atoms with van der Waals surface area (Å²) in [7, 11) is 1.52. The van der Waals surface area contributed by atoms with Gasteiger partial charge < -0.3 is 24.3 Å². The average molecular weight is 532 g/mol. The molecule has 4 rings (SSSR count). The Bertz CT molecular complexity index is 1390. The number of carbonyl (C=O) groups is 2. The Kier molecular flexibility index (Phi) is 9.69. The van der Waals surface area contributed by atoms with Crippen molar-refractivity contribution in [2.75, 3.05) is 40.0 Å². The number of para-hydroxylation sites is 1. The van der Waals surface area contributed by atoms with Gasteiger partial charge in [-0.25, -0.2) is 4.39 Å². The number of rotatable bonds is 13. The average Bonchev–Trinajstić information content (AvgIpc) is 3.37. The molecular formula is C31H34FN3O4. The van der Waals surface area contributed by atoms with Crippen LogP contribution in [0.3, 0.4) is 0 Å². The monoisotopic (exact) mass is 531 g/mol. The van der Waals surface area contributed by atoms with E-state index in [2.05, 4.69) is 11.1 Å². The first kappa shape index (κ1) is 27.9. The van der Waals surface area contributed by atoms with Crippen LogP contribution in [0.25, 0.3) is 10.9 Å². The van der Waals surface area contributed by atoms with E-state index in [4.69, 9.17) is 9.47 Å². The lowest BCUT2D eigenvalue weighted by Gasteiger charge is -2.28. The maximum Gasteiger partial charge on any atom is 0.257 e. The van der Waals surface area contributed by atoms with Crippen molar-refractivity contribution < 1.29 is 23.5 Å². The molecule has 0 unspecified atom stereocenters. The first-order chi connectivity index (χ1) is 19.0. The highest BCUT2D eigenvalue weighted by atomic mass is 19.1. The lowest BCUT2D eigenvalue weighted by Crippen LogP contribution is -2.44. The van der Waals surface area contributed by atoms with Crippen LogP contribution in [-0.4, -0.2) is 66.6 Å². The van der Waals surface area contributed by atoms with Crippen molar-refractivity contribution in [2.24, 2.45) is 0 Å². The summed E-state index contributed by atoms with van der Waals surface area (Å²) in [6.07, 6.45) is 2.60. The highest BCUT2D eigenvalue weighted by Crippen LogP contribution is 2.20. The highest BCUT2D eigenvalue weighted by Gasteiger charge is 2.24. The fraction of sp³-hybridized carbons (Fsp3) is 0.290. The standard InChI is InChI=1S/C31H34FN3O4/c1-3-39-25-14-12-23(13-15-25)21-34(17-16-24-20-33-29-11-7-5-8-26(24)29)30(36)22-35(18-19-38-2)31(37)27-9-4-6-10-28(27)32/h4-15,20,33H,3,16-19,21-22H2,1-2H3. The van der Waals surface area contributed by atoms with Crippen LogP contribution in [0.1, 0.15) is 28.4 Å². The summed E-state index contributed by atoms with van der Waals surface area (Å²) in [6.45, 7) is 3.50. The summed E-state index contributed by atoms with van der Waals surface area (Å²) in [6, 6.07) is 21.5. The lowest BCUT2D eigenvalue weighted by atomic mass is 10.1. The molecular weight excluding hydrogens is 497 g/mol. The molecule has 1 heterocycles. The Balaban J connectivity index is 1.55. The normalized spacial score (nSPS) is 10.9. The molecule has 0 aliphatic rings. The van der Waals surface area contributed by atoms with E-state index in [0.717, 1.165) is 27.8 Å². The van der Waals surface area contributed by atoms with Crippen LogP contribution >= 0.6 is 0 Å². The summed E-state index contributed by atoms with van der Waals surface area (Å²) >= 11 is 0. The molecule has 0 atom stereocenters. The van der Waals surface area contributed by atoms with Gasteiger partial charge in [-0.05, 0) is 54.8 Å². The third-order valence-corrected chi connectivity index (χ3v) is 6.57. The fourth-order valence-corrected chi connectivity index (χ4v) is 4.49. The molecule has 0 saturated carbocycles. The molecule has 0 radical (unpaired) electrons. The van der Waals surface area contributed by atoms with Gasteiger partial charge in [-0.2, -0.15) is 0 Å². The number of aromatic nitrogens is 1. The minimum atomic E-state index is -0.622. The van der Waals surface area contributed by atoms with Crippen LogP contribution in [0.2, 0.25) is 0 Å². The third-order valence-electron chi connectivity index (χ3n) is 6.57. The molecule has 3 aromatic carbocycles. The van der Waals surface area contributed by atoms with E-state index in [-0.39, 0.29) is 31.2 Å². The Hall–Kier alpha value is -4.17. The van der Waals surface area contributed by atoms with Gasteiger partial charge in [-0.1, -0.05) is 42.5 Å². The van der Waals surface area contributed by atoms with Crippen LogP contribution in [0.5, 0.6) is 5.75 Å². The van der Waals surface area contributed by atoms with E-state index in [0.29, 0.717) is 26.1 Å². The number of hydrogen-bond acceptors (Lipinski definition) is 4. The van der Waals surface area contributed by atoms with E-state index in [9.17, 15) is 14.0 Å². The van der Waals surface area contributed by atoms with Crippen molar-refractivity contribution in [2.45, 2.75) is 19.9 Å². The second kappa shape index (κ2) is 13.6. The van der Waals surface area contributed by atoms with Crippen LogP contribution < -0.4 is 4.74 Å². The number of aromatic amines is 1. The van der Waals surface area contributed by atoms with Crippen LogP contribution in [0.15, 0.2) is 79.0 Å². The van der Waals surface area contributed by atoms with Crippen molar-refractivity contribution >= 4 is 22.7 Å². The number of amides is 2. The van der Waals surface area contributed by atoms with Gasteiger partial charge in [0.05, 0.1) is 18.8 Å². The summed E-state index contributed by atoms with van der Waals surface area (Å²) < 4.78 is 25.1. The quantitative estimate of drug-likeness (QED) is 0.262. The minimum absolute atomic E-state index is 0.0711. The van der Waals surface area contributed by atoms with Crippen molar-refractivity contribution in [3.8, 4) is 5.75 Å². The van der Waals surface area contributed by atoms with Gasteiger partial charge in [0.1, 0.15) is 18.1 Å². The molecule has 0 bridgehead atoms. The van der Waals surface area contributed by atoms with Gasteiger partial charge in [0.25, 0.3) is 5.91 Å². The van der Waals surface area contributed by atoms with Crippen LogP contribution in [0.4, 0.5) is 4.39 Å². The maximum absolute atomic E-state index is 14.4. The maximum atomic E-state index is 14.4. The molecule has 204 valence electrons. The van der Waals surface area contributed by atoms with Gasteiger partial charge in [-0.3, -0.25) is 9.59 Å². The molecule has 0 aliphatic carbocycles. The predicted molar refractivity (Wildman–Crippen MR) is 149 cm³/mol. The highest BCUT2D eigenvalue weighted by molar-refractivity contribution is 5.96. The zero-order valence-corrected chi connectivity index (χ0v) is 22.4. The number of ether oxygens (including phenoxy) is 2. The third kappa shape index (κ3) is 7.23. The molecule has 7 nitrogen and oxygen atoms in total. The van der Waals surface area contributed by atoms with Crippen molar-refractivity contribution in [1.82, 2.24) is 14.8 Å². The number of methoxy groups -OCH3 is 1. The predicted octanol–water partition coefficient (Wildman–Crippen LogP) is 5.07. The number of benzene rings is 3. The Morgan fingerprint density at radius 1 is 0.923 bits per heavy atom. The Labute approximate surface area is 228 Å². The van der Waals surface area contributed by atoms with E-state index >= 15 is 0 Å². The summed E-state index contributed by atoms with van der Waals surface area (Å²) in [5.74, 6) is -0.636. The topological polar surface area (TPSA) is 74.9 Å². The van der Waals surface area contributed by atoms with Gasteiger partial charge in [0.15, 0.2) is 0 Å². The van der Waals surface area contributed by atoms with Crippen molar-refractivity contribution in [3.05, 3.63) is 102 Å². The van der Waals surface area contributed by atoms with Crippen molar-refractivity contribution in [1.29, 1.82) is 0 Å². The molecule has 4 aromatic rings.